The lowest BCUT2D eigenvalue weighted by Crippen LogP contribution is -2.32. The molecule has 5 rings (SSSR count). The first-order valence-corrected chi connectivity index (χ1v) is 14.4. The molecule has 0 bridgehead atoms. The molecule has 1 heterocycles. The number of rotatable bonds is 9. The van der Waals surface area contributed by atoms with Crippen molar-refractivity contribution in [2.45, 2.75) is 50.2 Å². The molecule has 198 valence electrons. The summed E-state index contributed by atoms with van der Waals surface area (Å²) in [7, 11) is -2.59. The first kappa shape index (κ1) is 26.1. The number of hydrogen-bond acceptors (Lipinski definition) is 5. The summed E-state index contributed by atoms with van der Waals surface area (Å²) in [6.07, 6.45) is 3.39. The third-order valence-corrected chi connectivity index (χ3v) is 9.34. The minimum Gasteiger partial charge on any atom is -0.495 e. The van der Waals surface area contributed by atoms with Crippen LogP contribution in [-0.4, -0.2) is 36.5 Å². The molecule has 7 nitrogen and oxygen atoms in total. The van der Waals surface area contributed by atoms with Crippen LogP contribution in [0.3, 0.4) is 0 Å². The number of methoxy groups -OCH3 is 1. The molecular formula is C30H32N2O5S. The molecule has 1 saturated heterocycles. The summed E-state index contributed by atoms with van der Waals surface area (Å²) in [5.74, 6) is -0.563. The van der Waals surface area contributed by atoms with Gasteiger partial charge < -0.3 is 4.74 Å². The first-order valence-electron chi connectivity index (χ1n) is 13.0. The average Bonchev–Trinajstić information content (AvgIpc) is 3.18. The summed E-state index contributed by atoms with van der Waals surface area (Å²) >= 11 is 0. The zero-order valence-electron chi connectivity index (χ0n) is 21.5. The van der Waals surface area contributed by atoms with E-state index in [0.717, 1.165) is 36.8 Å². The molecule has 1 saturated carbocycles. The third kappa shape index (κ3) is 5.24. The van der Waals surface area contributed by atoms with Gasteiger partial charge in [-0.25, -0.2) is 8.42 Å². The van der Waals surface area contributed by atoms with Gasteiger partial charge in [0, 0.05) is 13.1 Å². The maximum atomic E-state index is 14.1. The lowest BCUT2D eigenvalue weighted by Gasteiger charge is -2.24. The van der Waals surface area contributed by atoms with E-state index in [4.69, 9.17) is 4.74 Å². The summed E-state index contributed by atoms with van der Waals surface area (Å²) in [6.45, 7) is 0.407. The Bertz CT molecular complexity index is 1340. The standard InChI is InChI=1S/C30H32N2O5S/c1-37-27-17-16-24(21-32-29(33)25-14-8-9-15-26(25)30(32)34)18-28(27)38(35,36)31(19-22-10-4-2-5-11-22)20-23-12-6-3-7-13-23/h2-7,10-13,16-18,25-26H,8-9,14-15,19-21H2,1H3. The Balaban J connectivity index is 1.48. The van der Waals surface area contributed by atoms with Crippen molar-refractivity contribution in [2.24, 2.45) is 11.8 Å². The number of ether oxygens (including phenoxy) is 1. The van der Waals surface area contributed by atoms with Crippen LogP contribution in [0.15, 0.2) is 83.8 Å². The van der Waals surface area contributed by atoms with Gasteiger partial charge >= 0.3 is 0 Å². The van der Waals surface area contributed by atoms with E-state index in [1.165, 1.54) is 16.3 Å². The van der Waals surface area contributed by atoms with Crippen molar-refractivity contribution in [3.05, 3.63) is 95.6 Å². The van der Waals surface area contributed by atoms with E-state index >= 15 is 0 Å². The molecule has 3 aromatic rings. The van der Waals surface area contributed by atoms with Crippen LogP contribution in [0, 0.1) is 11.8 Å². The Labute approximate surface area is 224 Å². The van der Waals surface area contributed by atoms with Crippen molar-refractivity contribution in [3.63, 3.8) is 0 Å². The second kappa shape index (κ2) is 11.1. The molecule has 38 heavy (non-hydrogen) atoms. The zero-order chi connectivity index (χ0) is 26.7. The number of carbonyl (C=O) groups excluding carboxylic acids is 2. The summed E-state index contributed by atoms with van der Waals surface area (Å²) in [6, 6.07) is 23.7. The van der Waals surface area contributed by atoms with E-state index in [9.17, 15) is 18.0 Å². The zero-order valence-corrected chi connectivity index (χ0v) is 22.3. The van der Waals surface area contributed by atoms with Gasteiger partial charge in [0.05, 0.1) is 25.5 Å². The lowest BCUT2D eigenvalue weighted by molar-refractivity contribution is -0.140. The highest BCUT2D eigenvalue weighted by atomic mass is 32.2. The summed E-state index contributed by atoms with van der Waals surface area (Å²) in [5, 5.41) is 0. The smallest absolute Gasteiger partial charge is 0.247 e. The highest BCUT2D eigenvalue weighted by Gasteiger charge is 2.48. The second-order valence-corrected chi connectivity index (χ2v) is 11.9. The molecule has 2 unspecified atom stereocenters. The van der Waals surface area contributed by atoms with Crippen LogP contribution >= 0.6 is 0 Å². The molecule has 1 aliphatic heterocycles. The van der Waals surface area contributed by atoms with Crippen LogP contribution in [0.4, 0.5) is 0 Å². The van der Waals surface area contributed by atoms with Gasteiger partial charge in [-0.1, -0.05) is 79.6 Å². The summed E-state index contributed by atoms with van der Waals surface area (Å²) < 4.78 is 35.2. The molecule has 2 atom stereocenters. The number of hydrogen-bond donors (Lipinski definition) is 0. The Hall–Kier alpha value is -3.49. The Morgan fingerprint density at radius 2 is 1.32 bits per heavy atom. The van der Waals surface area contributed by atoms with Gasteiger partial charge in [-0.3, -0.25) is 14.5 Å². The fourth-order valence-corrected chi connectivity index (χ4v) is 7.15. The topological polar surface area (TPSA) is 84.0 Å². The third-order valence-electron chi connectivity index (χ3n) is 7.52. The molecule has 3 aromatic carbocycles. The van der Waals surface area contributed by atoms with Crippen molar-refractivity contribution < 1.29 is 22.7 Å². The Morgan fingerprint density at radius 1 is 0.789 bits per heavy atom. The molecule has 0 N–H and O–H groups in total. The molecular weight excluding hydrogens is 500 g/mol. The SMILES string of the molecule is COc1ccc(CN2C(=O)C3CCCCC3C2=O)cc1S(=O)(=O)N(Cc1ccccc1)Cc1ccccc1. The second-order valence-electron chi connectivity index (χ2n) is 9.99. The van der Waals surface area contributed by atoms with Crippen LogP contribution in [0.25, 0.3) is 0 Å². The van der Waals surface area contributed by atoms with Gasteiger partial charge in [0.2, 0.25) is 21.8 Å². The number of sulfonamides is 1. The predicted octanol–water partition coefficient (Wildman–Crippen LogP) is 4.76. The van der Waals surface area contributed by atoms with Crippen molar-refractivity contribution in [2.75, 3.05) is 7.11 Å². The highest BCUT2D eigenvalue weighted by molar-refractivity contribution is 7.89. The molecule has 2 amide bonds. The van der Waals surface area contributed by atoms with E-state index in [1.54, 1.807) is 18.2 Å². The minimum atomic E-state index is -4.02. The maximum Gasteiger partial charge on any atom is 0.247 e. The van der Waals surface area contributed by atoms with E-state index in [0.29, 0.717) is 5.56 Å². The average molecular weight is 533 g/mol. The highest BCUT2D eigenvalue weighted by Crippen LogP contribution is 2.39. The number of amides is 2. The quantitative estimate of drug-likeness (QED) is 0.371. The normalized spacial score (nSPS) is 19.6. The van der Waals surface area contributed by atoms with Crippen LogP contribution in [0.5, 0.6) is 5.75 Å². The number of likely N-dealkylation sites (tertiary alicyclic amines) is 1. The van der Waals surface area contributed by atoms with Gasteiger partial charge in [0.1, 0.15) is 10.6 Å². The first-order chi connectivity index (χ1) is 18.4. The number of carbonyl (C=O) groups is 2. The van der Waals surface area contributed by atoms with Gasteiger partial charge in [0.15, 0.2) is 0 Å². The predicted molar refractivity (Wildman–Crippen MR) is 143 cm³/mol. The van der Waals surface area contributed by atoms with Crippen molar-refractivity contribution >= 4 is 21.8 Å². The molecule has 8 heteroatoms. The monoisotopic (exact) mass is 532 g/mol. The molecule has 0 aromatic heterocycles. The molecule has 1 aliphatic carbocycles. The largest absolute Gasteiger partial charge is 0.495 e. The van der Waals surface area contributed by atoms with Crippen molar-refractivity contribution in [1.29, 1.82) is 0 Å². The number of imide groups is 1. The molecule has 2 fully saturated rings. The lowest BCUT2D eigenvalue weighted by atomic mass is 9.81. The number of benzene rings is 3. The van der Waals surface area contributed by atoms with Crippen LogP contribution in [0.2, 0.25) is 0 Å². The Morgan fingerprint density at radius 3 is 1.82 bits per heavy atom. The van der Waals surface area contributed by atoms with Crippen LogP contribution < -0.4 is 4.74 Å². The van der Waals surface area contributed by atoms with Crippen molar-refractivity contribution in [3.8, 4) is 5.75 Å². The van der Waals surface area contributed by atoms with Gasteiger partial charge in [0.25, 0.3) is 0 Å². The number of fused-ring (bicyclic) bond motifs is 1. The van der Waals surface area contributed by atoms with Gasteiger partial charge in [-0.2, -0.15) is 4.31 Å². The van der Waals surface area contributed by atoms with E-state index in [1.807, 2.05) is 60.7 Å². The Kier molecular flexibility index (Phi) is 7.63. The van der Waals surface area contributed by atoms with Crippen LogP contribution in [-0.2, 0) is 39.2 Å². The van der Waals surface area contributed by atoms with Gasteiger partial charge in [-0.15, -0.1) is 0 Å². The summed E-state index contributed by atoms with van der Waals surface area (Å²) in [5.41, 5.74) is 2.29. The molecule has 0 spiro atoms. The van der Waals surface area contributed by atoms with Crippen LogP contribution in [0.1, 0.15) is 42.4 Å². The maximum absolute atomic E-state index is 14.1. The molecule has 0 radical (unpaired) electrons. The van der Waals surface area contributed by atoms with E-state index in [-0.39, 0.29) is 53.9 Å². The molecule has 2 aliphatic rings. The summed E-state index contributed by atoms with van der Waals surface area (Å²) in [4.78, 5) is 27.4. The fourth-order valence-electron chi connectivity index (χ4n) is 5.53. The number of nitrogens with zero attached hydrogens (tertiary/aromatic N) is 2. The van der Waals surface area contributed by atoms with Gasteiger partial charge in [-0.05, 0) is 41.7 Å². The minimum absolute atomic E-state index is 0.0147. The van der Waals surface area contributed by atoms with E-state index in [2.05, 4.69) is 0 Å². The fraction of sp³-hybridized carbons (Fsp3) is 0.333. The van der Waals surface area contributed by atoms with E-state index < -0.39 is 10.0 Å². The van der Waals surface area contributed by atoms with Crippen molar-refractivity contribution in [1.82, 2.24) is 9.21 Å².